The SMILES string of the molecule is CCOc1ccc(S(=O)(=O)N2CC(O)C2)cc1OCC. The van der Waals surface area contributed by atoms with Gasteiger partial charge in [-0.25, -0.2) is 8.42 Å². The third-order valence-electron chi connectivity index (χ3n) is 2.98. The molecular formula is C13H19NO5S. The lowest BCUT2D eigenvalue weighted by Crippen LogP contribution is -2.53. The van der Waals surface area contributed by atoms with E-state index in [4.69, 9.17) is 9.47 Å². The Labute approximate surface area is 119 Å². The Kier molecular flexibility index (Phi) is 4.52. The number of rotatable bonds is 6. The monoisotopic (exact) mass is 301 g/mol. The molecule has 1 heterocycles. The lowest BCUT2D eigenvalue weighted by molar-refractivity contribution is 0.0547. The maximum absolute atomic E-state index is 12.3. The highest BCUT2D eigenvalue weighted by Crippen LogP contribution is 2.32. The van der Waals surface area contributed by atoms with Gasteiger partial charge in [-0.15, -0.1) is 0 Å². The molecule has 0 amide bonds. The number of β-amino-alcohol motifs (C(OH)–C–C–N with tert-alkyl or cyclic N) is 1. The Morgan fingerprint density at radius 3 is 2.35 bits per heavy atom. The highest BCUT2D eigenvalue weighted by molar-refractivity contribution is 7.89. The van der Waals surface area contributed by atoms with E-state index < -0.39 is 16.1 Å². The van der Waals surface area contributed by atoms with Crippen LogP contribution in [0.1, 0.15) is 13.8 Å². The molecule has 0 spiro atoms. The summed E-state index contributed by atoms with van der Waals surface area (Å²) in [7, 11) is -3.57. The minimum absolute atomic E-state index is 0.138. The van der Waals surface area contributed by atoms with Gasteiger partial charge in [0, 0.05) is 19.2 Å². The molecule has 2 rings (SSSR count). The van der Waals surface area contributed by atoms with Gasteiger partial charge in [-0.1, -0.05) is 0 Å². The van der Waals surface area contributed by atoms with Gasteiger partial charge >= 0.3 is 0 Å². The fraction of sp³-hybridized carbons (Fsp3) is 0.538. The number of hydrogen-bond donors (Lipinski definition) is 1. The largest absolute Gasteiger partial charge is 0.490 e. The minimum atomic E-state index is -3.57. The number of benzene rings is 1. The standard InChI is InChI=1S/C13H19NO5S/c1-3-18-12-6-5-11(7-13(12)19-4-2)20(16,17)14-8-10(15)9-14/h5-7,10,15H,3-4,8-9H2,1-2H3. The van der Waals surface area contributed by atoms with E-state index in [2.05, 4.69) is 0 Å². The van der Waals surface area contributed by atoms with Crippen molar-refractivity contribution in [2.75, 3.05) is 26.3 Å². The van der Waals surface area contributed by atoms with Crippen LogP contribution in [-0.2, 0) is 10.0 Å². The van der Waals surface area contributed by atoms with E-state index in [1.54, 1.807) is 6.07 Å². The molecule has 7 heteroatoms. The molecule has 1 aliphatic rings. The Morgan fingerprint density at radius 1 is 1.20 bits per heavy atom. The second-order valence-corrected chi connectivity index (χ2v) is 6.39. The molecule has 0 saturated carbocycles. The molecule has 0 aliphatic carbocycles. The molecule has 0 unspecified atom stereocenters. The zero-order valence-electron chi connectivity index (χ0n) is 11.6. The van der Waals surface area contributed by atoms with Crippen molar-refractivity contribution in [3.8, 4) is 11.5 Å². The second-order valence-electron chi connectivity index (χ2n) is 4.45. The van der Waals surface area contributed by atoms with Crippen molar-refractivity contribution in [1.29, 1.82) is 0 Å². The van der Waals surface area contributed by atoms with Crippen LogP contribution in [0.15, 0.2) is 23.1 Å². The first-order valence-corrected chi connectivity index (χ1v) is 8.01. The average Bonchev–Trinajstić information content (AvgIpc) is 2.37. The second kappa shape index (κ2) is 5.99. The van der Waals surface area contributed by atoms with Crippen LogP contribution in [0, 0.1) is 0 Å². The summed E-state index contributed by atoms with van der Waals surface area (Å²) in [5, 5.41) is 9.23. The van der Waals surface area contributed by atoms with E-state index in [0.29, 0.717) is 24.7 Å². The number of ether oxygens (including phenoxy) is 2. The maximum Gasteiger partial charge on any atom is 0.243 e. The van der Waals surface area contributed by atoms with Crippen molar-refractivity contribution in [3.63, 3.8) is 0 Å². The zero-order chi connectivity index (χ0) is 14.8. The van der Waals surface area contributed by atoms with Gasteiger partial charge in [-0.05, 0) is 26.0 Å². The molecule has 6 nitrogen and oxygen atoms in total. The van der Waals surface area contributed by atoms with Crippen molar-refractivity contribution in [2.45, 2.75) is 24.8 Å². The van der Waals surface area contributed by atoms with Crippen molar-refractivity contribution in [1.82, 2.24) is 4.31 Å². The third kappa shape index (κ3) is 2.89. The number of nitrogens with zero attached hydrogens (tertiary/aromatic N) is 1. The summed E-state index contributed by atoms with van der Waals surface area (Å²) in [5.41, 5.74) is 0. The molecular weight excluding hydrogens is 282 g/mol. The first kappa shape index (κ1) is 15.1. The first-order chi connectivity index (χ1) is 9.48. The van der Waals surface area contributed by atoms with Crippen LogP contribution < -0.4 is 9.47 Å². The molecule has 1 aromatic carbocycles. The molecule has 1 N–H and O–H groups in total. The van der Waals surface area contributed by atoms with Gasteiger partial charge in [0.25, 0.3) is 0 Å². The van der Waals surface area contributed by atoms with Crippen LogP contribution in [-0.4, -0.2) is 50.2 Å². The van der Waals surface area contributed by atoms with E-state index in [1.165, 1.54) is 16.4 Å². The summed E-state index contributed by atoms with van der Waals surface area (Å²) in [6.45, 7) is 4.85. The van der Waals surface area contributed by atoms with Crippen molar-refractivity contribution >= 4 is 10.0 Å². The average molecular weight is 301 g/mol. The van der Waals surface area contributed by atoms with E-state index in [9.17, 15) is 13.5 Å². The normalized spacial score (nSPS) is 16.8. The topological polar surface area (TPSA) is 76.1 Å². The molecule has 112 valence electrons. The third-order valence-corrected chi connectivity index (χ3v) is 4.81. The van der Waals surface area contributed by atoms with Crippen LogP contribution >= 0.6 is 0 Å². The molecule has 0 radical (unpaired) electrons. The van der Waals surface area contributed by atoms with Crippen LogP contribution in [0.25, 0.3) is 0 Å². The van der Waals surface area contributed by atoms with E-state index in [-0.39, 0.29) is 18.0 Å². The lowest BCUT2D eigenvalue weighted by Gasteiger charge is -2.34. The maximum atomic E-state index is 12.3. The van der Waals surface area contributed by atoms with Crippen LogP contribution in [0.3, 0.4) is 0 Å². The van der Waals surface area contributed by atoms with E-state index >= 15 is 0 Å². The van der Waals surface area contributed by atoms with Crippen molar-refractivity contribution in [3.05, 3.63) is 18.2 Å². The quantitative estimate of drug-likeness (QED) is 0.843. The summed E-state index contributed by atoms with van der Waals surface area (Å²) in [6.07, 6.45) is -0.571. The molecule has 0 atom stereocenters. The number of hydrogen-bond acceptors (Lipinski definition) is 5. The van der Waals surface area contributed by atoms with Crippen LogP contribution in [0.4, 0.5) is 0 Å². The Bertz CT molecular complexity index is 566. The highest BCUT2D eigenvalue weighted by Gasteiger charge is 2.35. The van der Waals surface area contributed by atoms with Gasteiger partial charge in [-0.2, -0.15) is 4.31 Å². The zero-order valence-corrected chi connectivity index (χ0v) is 12.4. The van der Waals surface area contributed by atoms with Gasteiger partial charge < -0.3 is 14.6 Å². The molecule has 1 fully saturated rings. The smallest absolute Gasteiger partial charge is 0.243 e. The Balaban J connectivity index is 2.30. The highest BCUT2D eigenvalue weighted by atomic mass is 32.2. The summed E-state index contributed by atoms with van der Waals surface area (Å²) < 4.78 is 36.7. The molecule has 20 heavy (non-hydrogen) atoms. The first-order valence-electron chi connectivity index (χ1n) is 6.57. The fourth-order valence-electron chi connectivity index (χ4n) is 1.95. The molecule has 1 aromatic rings. The Hall–Kier alpha value is -1.31. The van der Waals surface area contributed by atoms with Crippen LogP contribution in [0.2, 0.25) is 0 Å². The van der Waals surface area contributed by atoms with Crippen LogP contribution in [0.5, 0.6) is 11.5 Å². The van der Waals surface area contributed by atoms with Gasteiger partial charge in [0.1, 0.15) is 0 Å². The minimum Gasteiger partial charge on any atom is -0.490 e. The van der Waals surface area contributed by atoms with E-state index in [0.717, 1.165) is 0 Å². The van der Waals surface area contributed by atoms with Gasteiger partial charge in [-0.3, -0.25) is 0 Å². The molecule has 1 saturated heterocycles. The number of aliphatic hydroxyl groups is 1. The summed E-state index contributed by atoms with van der Waals surface area (Å²) in [4.78, 5) is 0.149. The lowest BCUT2D eigenvalue weighted by atomic mass is 10.2. The fourth-order valence-corrected chi connectivity index (χ4v) is 3.48. The summed E-state index contributed by atoms with van der Waals surface area (Å²) in [5.74, 6) is 0.938. The molecule has 1 aliphatic heterocycles. The van der Waals surface area contributed by atoms with Gasteiger partial charge in [0.2, 0.25) is 10.0 Å². The predicted octanol–water partition coefficient (Wildman–Crippen LogP) is 0.849. The number of sulfonamides is 1. The number of aliphatic hydroxyl groups excluding tert-OH is 1. The van der Waals surface area contributed by atoms with Crippen molar-refractivity contribution < 1.29 is 23.0 Å². The Morgan fingerprint density at radius 2 is 1.80 bits per heavy atom. The molecule has 0 aromatic heterocycles. The van der Waals surface area contributed by atoms with Gasteiger partial charge in [0.05, 0.1) is 24.2 Å². The van der Waals surface area contributed by atoms with Crippen molar-refractivity contribution in [2.24, 2.45) is 0 Å². The van der Waals surface area contributed by atoms with E-state index in [1.807, 2.05) is 13.8 Å². The molecule has 0 bridgehead atoms. The summed E-state index contributed by atoms with van der Waals surface area (Å²) in [6, 6.07) is 4.56. The summed E-state index contributed by atoms with van der Waals surface area (Å²) >= 11 is 0. The predicted molar refractivity (Wildman–Crippen MR) is 73.5 cm³/mol. The van der Waals surface area contributed by atoms with Gasteiger partial charge in [0.15, 0.2) is 11.5 Å².